The van der Waals surface area contributed by atoms with Crippen molar-refractivity contribution in [1.82, 2.24) is 5.32 Å². The van der Waals surface area contributed by atoms with Gasteiger partial charge in [0.15, 0.2) is 0 Å². The van der Waals surface area contributed by atoms with Crippen LogP contribution in [0.4, 0.5) is 5.69 Å². The molecule has 0 saturated heterocycles. The van der Waals surface area contributed by atoms with Crippen molar-refractivity contribution in [3.63, 3.8) is 0 Å². The Labute approximate surface area is 107 Å². The van der Waals surface area contributed by atoms with Crippen LogP contribution in [0.5, 0.6) is 0 Å². The fourth-order valence-electron chi connectivity index (χ4n) is 1.45. The number of carbonyl (C=O) groups is 1. The van der Waals surface area contributed by atoms with Crippen molar-refractivity contribution in [1.29, 1.82) is 0 Å². The third kappa shape index (κ3) is 3.63. The molecule has 94 valence electrons. The van der Waals surface area contributed by atoms with Gasteiger partial charge in [0, 0.05) is 11.6 Å². The van der Waals surface area contributed by atoms with Crippen LogP contribution in [0.3, 0.4) is 0 Å². The summed E-state index contributed by atoms with van der Waals surface area (Å²) in [4.78, 5) is 11.9. The standard InChI is InChI=1S/C13H19ClN2O/c1-4-8(2)9(3)16-13(17)10-5-6-12(15)11(14)7-10/h5-9H,4,15H2,1-3H3,(H,16,17). The quantitative estimate of drug-likeness (QED) is 0.812. The zero-order valence-corrected chi connectivity index (χ0v) is 11.2. The largest absolute Gasteiger partial charge is 0.398 e. The van der Waals surface area contributed by atoms with E-state index in [0.717, 1.165) is 6.42 Å². The molecule has 2 atom stereocenters. The van der Waals surface area contributed by atoms with Crippen molar-refractivity contribution in [2.45, 2.75) is 33.2 Å². The summed E-state index contributed by atoms with van der Waals surface area (Å²) in [5.41, 5.74) is 6.62. The average molecular weight is 255 g/mol. The molecule has 0 bridgehead atoms. The number of hydrogen-bond donors (Lipinski definition) is 2. The summed E-state index contributed by atoms with van der Waals surface area (Å²) in [7, 11) is 0. The van der Waals surface area contributed by atoms with Gasteiger partial charge in [-0.2, -0.15) is 0 Å². The van der Waals surface area contributed by atoms with E-state index in [-0.39, 0.29) is 11.9 Å². The minimum Gasteiger partial charge on any atom is -0.398 e. The first-order valence-electron chi connectivity index (χ1n) is 5.81. The predicted octanol–water partition coefficient (Wildman–Crippen LogP) is 3.09. The Hall–Kier alpha value is -1.22. The first kappa shape index (κ1) is 13.8. The highest BCUT2D eigenvalue weighted by Crippen LogP contribution is 2.19. The molecule has 0 saturated carbocycles. The van der Waals surface area contributed by atoms with E-state index in [0.29, 0.717) is 22.2 Å². The van der Waals surface area contributed by atoms with Crippen LogP contribution in [0, 0.1) is 5.92 Å². The van der Waals surface area contributed by atoms with Crippen molar-refractivity contribution < 1.29 is 4.79 Å². The highest BCUT2D eigenvalue weighted by atomic mass is 35.5. The number of amides is 1. The van der Waals surface area contributed by atoms with E-state index in [1.807, 2.05) is 6.92 Å². The van der Waals surface area contributed by atoms with Crippen LogP contribution in [-0.2, 0) is 0 Å². The number of nitrogens with two attached hydrogens (primary N) is 1. The first-order chi connectivity index (χ1) is 7.95. The minimum absolute atomic E-state index is 0.111. The monoisotopic (exact) mass is 254 g/mol. The number of carbonyl (C=O) groups excluding carboxylic acids is 1. The smallest absolute Gasteiger partial charge is 0.251 e. The van der Waals surface area contributed by atoms with E-state index in [1.165, 1.54) is 0 Å². The minimum atomic E-state index is -0.111. The first-order valence-corrected chi connectivity index (χ1v) is 6.19. The molecule has 4 heteroatoms. The van der Waals surface area contributed by atoms with E-state index >= 15 is 0 Å². The molecule has 1 amide bonds. The van der Waals surface area contributed by atoms with Crippen LogP contribution in [0.1, 0.15) is 37.6 Å². The Morgan fingerprint density at radius 3 is 2.65 bits per heavy atom. The number of anilines is 1. The van der Waals surface area contributed by atoms with Gasteiger partial charge in [-0.1, -0.05) is 31.9 Å². The zero-order chi connectivity index (χ0) is 13.0. The van der Waals surface area contributed by atoms with E-state index in [9.17, 15) is 4.79 Å². The molecule has 0 aliphatic heterocycles. The molecule has 3 nitrogen and oxygen atoms in total. The molecule has 0 fully saturated rings. The van der Waals surface area contributed by atoms with Gasteiger partial charge in [-0.3, -0.25) is 4.79 Å². The number of benzene rings is 1. The molecule has 2 unspecified atom stereocenters. The topological polar surface area (TPSA) is 55.1 Å². The molecular weight excluding hydrogens is 236 g/mol. The molecule has 0 spiro atoms. The second-order valence-corrected chi connectivity index (χ2v) is 4.79. The van der Waals surface area contributed by atoms with Crippen LogP contribution in [-0.4, -0.2) is 11.9 Å². The number of nitrogen functional groups attached to an aromatic ring is 1. The maximum Gasteiger partial charge on any atom is 0.251 e. The maximum atomic E-state index is 11.9. The Kier molecular flexibility index (Phi) is 4.82. The van der Waals surface area contributed by atoms with Crippen LogP contribution in [0.15, 0.2) is 18.2 Å². The van der Waals surface area contributed by atoms with Gasteiger partial charge >= 0.3 is 0 Å². The molecule has 1 aromatic rings. The van der Waals surface area contributed by atoms with Crippen LogP contribution in [0.25, 0.3) is 0 Å². The van der Waals surface area contributed by atoms with E-state index < -0.39 is 0 Å². The van der Waals surface area contributed by atoms with Crippen LogP contribution < -0.4 is 11.1 Å². The third-order valence-electron chi connectivity index (χ3n) is 3.12. The fraction of sp³-hybridized carbons (Fsp3) is 0.462. The summed E-state index contributed by atoms with van der Waals surface area (Å²) in [6, 6.07) is 5.06. The van der Waals surface area contributed by atoms with Crippen LogP contribution >= 0.6 is 11.6 Å². The van der Waals surface area contributed by atoms with Gasteiger partial charge in [-0.25, -0.2) is 0 Å². The number of halogens is 1. The normalized spacial score (nSPS) is 14.1. The van der Waals surface area contributed by atoms with Crippen LogP contribution in [0.2, 0.25) is 5.02 Å². The second kappa shape index (κ2) is 5.92. The number of rotatable bonds is 4. The van der Waals surface area contributed by atoms with Gasteiger partial charge in [0.1, 0.15) is 0 Å². The molecule has 3 N–H and O–H groups in total. The summed E-state index contributed by atoms with van der Waals surface area (Å²) in [6.07, 6.45) is 1.03. The summed E-state index contributed by atoms with van der Waals surface area (Å²) < 4.78 is 0. The van der Waals surface area contributed by atoms with Gasteiger partial charge in [-0.05, 0) is 31.0 Å². The Bertz CT molecular complexity index is 406. The van der Waals surface area contributed by atoms with Gasteiger partial charge in [0.2, 0.25) is 0 Å². The lowest BCUT2D eigenvalue weighted by molar-refractivity contribution is 0.0928. The average Bonchev–Trinajstić information content (AvgIpc) is 2.31. The van der Waals surface area contributed by atoms with Crippen molar-refractivity contribution in [2.24, 2.45) is 5.92 Å². The van der Waals surface area contributed by atoms with Crippen molar-refractivity contribution >= 4 is 23.2 Å². The third-order valence-corrected chi connectivity index (χ3v) is 3.45. The molecule has 0 aromatic heterocycles. The van der Waals surface area contributed by atoms with Crippen molar-refractivity contribution in [3.05, 3.63) is 28.8 Å². The van der Waals surface area contributed by atoms with E-state index in [1.54, 1.807) is 18.2 Å². The molecule has 17 heavy (non-hydrogen) atoms. The Morgan fingerprint density at radius 2 is 2.12 bits per heavy atom. The van der Waals surface area contributed by atoms with Crippen molar-refractivity contribution in [2.75, 3.05) is 5.73 Å². The highest BCUT2D eigenvalue weighted by Gasteiger charge is 2.14. The fourth-order valence-corrected chi connectivity index (χ4v) is 1.63. The van der Waals surface area contributed by atoms with Gasteiger partial charge in [-0.15, -0.1) is 0 Å². The predicted molar refractivity (Wildman–Crippen MR) is 72.2 cm³/mol. The Morgan fingerprint density at radius 1 is 1.47 bits per heavy atom. The molecular formula is C13H19ClN2O. The number of nitrogens with one attached hydrogen (secondary N) is 1. The summed E-state index contributed by atoms with van der Waals surface area (Å²) in [6.45, 7) is 6.22. The summed E-state index contributed by atoms with van der Waals surface area (Å²) in [5.74, 6) is 0.336. The highest BCUT2D eigenvalue weighted by molar-refractivity contribution is 6.33. The molecule has 0 heterocycles. The maximum absolute atomic E-state index is 11.9. The summed E-state index contributed by atoms with van der Waals surface area (Å²) in [5, 5.41) is 3.37. The Balaban J connectivity index is 2.73. The van der Waals surface area contributed by atoms with Crippen molar-refractivity contribution in [3.8, 4) is 0 Å². The molecule has 0 aliphatic carbocycles. The molecule has 1 aromatic carbocycles. The lowest BCUT2D eigenvalue weighted by Crippen LogP contribution is -2.36. The molecule has 0 aliphatic rings. The van der Waals surface area contributed by atoms with Gasteiger partial charge in [0.05, 0.1) is 10.7 Å². The van der Waals surface area contributed by atoms with Gasteiger partial charge < -0.3 is 11.1 Å². The molecule has 1 rings (SSSR count). The summed E-state index contributed by atoms with van der Waals surface area (Å²) >= 11 is 5.88. The SMILES string of the molecule is CCC(C)C(C)NC(=O)c1ccc(N)c(Cl)c1. The lowest BCUT2D eigenvalue weighted by Gasteiger charge is -2.19. The molecule has 0 radical (unpaired) electrons. The van der Waals surface area contributed by atoms with Gasteiger partial charge in [0.25, 0.3) is 5.91 Å². The van der Waals surface area contributed by atoms with E-state index in [2.05, 4.69) is 19.2 Å². The van der Waals surface area contributed by atoms with E-state index in [4.69, 9.17) is 17.3 Å². The lowest BCUT2D eigenvalue weighted by atomic mass is 10.0. The number of hydrogen-bond acceptors (Lipinski definition) is 2. The second-order valence-electron chi connectivity index (χ2n) is 4.38. The zero-order valence-electron chi connectivity index (χ0n) is 10.5.